The normalized spacial score (nSPS) is 15.5. The molecule has 1 aromatic carbocycles. The minimum Gasteiger partial charge on any atom is -0.469 e. The van der Waals surface area contributed by atoms with E-state index in [4.69, 9.17) is 12.2 Å². The summed E-state index contributed by atoms with van der Waals surface area (Å²) in [5.41, 5.74) is 0.790. The molecule has 0 aliphatic carbocycles. The molecule has 1 heterocycles. The van der Waals surface area contributed by atoms with Gasteiger partial charge in [-0.15, -0.1) is 0 Å². The van der Waals surface area contributed by atoms with Crippen molar-refractivity contribution in [3.63, 3.8) is 0 Å². The van der Waals surface area contributed by atoms with Crippen molar-refractivity contribution in [2.45, 2.75) is 18.6 Å². The van der Waals surface area contributed by atoms with Crippen LogP contribution in [0.4, 0.5) is 0 Å². The number of sulfonamides is 1. The number of benzene rings is 1. The van der Waals surface area contributed by atoms with Crippen molar-refractivity contribution in [3.05, 3.63) is 35.9 Å². The van der Waals surface area contributed by atoms with Gasteiger partial charge >= 0.3 is 5.97 Å². The Labute approximate surface area is 160 Å². The molecule has 7 nitrogen and oxygen atoms in total. The summed E-state index contributed by atoms with van der Waals surface area (Å²) in [6.45, 7) is 2.52. The lowest BCUT2D eigenvalue weighted by Gasteiger charge is -2.35. The van der Waals surface area contributed by atoms with Crippen LogP contribution in [0.1, 0.15) is 18.4 Å². The highest BCUT2D eigenvalue weighted by Gasteiger charge is 2.27. The van der Waals surface area contributed by atoms with Crippen molar-refractivity contribution in [2.24, 2.45) is 0 Å². The Bertz CT molecular complexity index is 702. The second kappa shape index (κ2) is 9.84. The third-order valence-electron chi connectivity index (χ3n) is 4.17. The summed E-state index contributed by atoms with van der Waals surface area (Å²) in [5, 5.41) is 3.70. The number of nitrogens with one attached hydrogen (secondary N) is 1. The SMILES string of the molecule is COC(=O)CCCNC(=S)N1CCN(S(=O)(=O)Cc2ccccc2)CC1. The Morgan fingerprint density at radius 3 is 2.46 bits per heavy atom. The van der Waals surface area contributed by atoms with Gasteiger partial charge in [0.25, 0.3) is 0 Å². The van der Waals surface area contributed by atoms with Gasteiger partial charge < -0.3 is 15.0 Å². The van der Waals surface area contributed by atoms with Gasteiger partial charge in [-0.1, -0.05) is 30.3 Å². The Kier molecular flexibility index (Phi) is 7.80. The standard InChI is InChI=1S/C17H25N3O4S2/c1-24-16(21)8-5-9-18-17(25)19-10-12-20(13-11-19)26(22,23)14-15-6-3-2-4-7-15/h2-4,6-7H,5,8-14H2,1H3,(H,18,25). The van der Waals surface area contributed by atoms with Crippen LogP contribution in [0.3, 0.4) is 0 Å². The van der Waals surface area contributed by atoms with Crippen LogP contribution >= 0.6 is 12.2 Å². The van der Waals surface area contributed by atoms with Crippen LogP contribution < -0.4 is 5.32 Å². The van der Waals surface area contributed by atoms with E-state index in [0.717, 1.165) is 5.56 Å². The van der Waals surface area contributed by atoms with Gasteiger partial charge in [0.15, 0.2) is 5.11 Å². The summed E-state index contributed by atoms with van der Waals surface area (Å²) in [4.78, 5) is 13.0. The lowest BCUT2D eigenvalue weighted by Crippen LogP contribution is -2.53. The summed E-state index contributed by atoms with van der Waals surface area (Å²) in [5.74, 6) is -0.223. The Balaban J connectivity index is 1.75. The number of methoxy groups -OCH3 is 1. The molecule has 26 heavy (non-hydrogen) atoms. The van der Waals surface area contributed by atoms with E-state index in [2.05, 4.69) is 10.1 Å². The molecule has 0 spiro atoms. The van der Waals surface area contributed by atoms with Gasteiger partial charge in [0.05, 0.1) is 12.9 Å². The number of carbonyl (C=O) groups excluding carboxylic acids is 1. The van der Waals surface area contributed by atoms with E-state index in [1.807, 2.05) is 35.2 Å². The van der Waals surface area contributed by atoms with Gasteiger partial charge in [0, 0.05) is 39.1 Å². The summed E-state index contributed by atoms with van der Waals surface area (Å²) < 4.78 is 31.2. The number of hydrogen-bond donors (Lipinski definition) is 1. The second-order valence-electron chi connectivity index (χ2n) is 6.04. The summed E-state index contributed by atoms with van der Waals surface area (Å²) in [6, 6.07) is 9.19. The molecule has 1 fully saturated rings. The topological polar surface area (TPSA) is 79.0 Å². The van der Waals surface area contributed by atoms with Crippen molar-refractivity contribution >= 4 is 33.3 Å². The van der Waals surface area contributed by atoms with Gasteiger partial charge in [0.1, 0.15) is 0 Å². The van der Waals surface area contributed by atoms with Crippen molar-refractivity contribution in [2.75, 3.05) is 39.8 Å². The zero-order valence-corrected chi connectivity index (χ0v) is 16.5. The van der Waals surface area contributed by atoms with Gasteiger partial charge in [0.2, 0.25) is 10.0 Å². The van der Waals surface area contributed by atoms with E-state index in [0.29, 0.717) is 50.7 Å². The first kappa shape index (κ1) is 20.6. The van der Waals surface area contributed by atoms with Gasteiger partial charge in [-0.25, -0.2) is 8.42 Å². The Hall–Kier alpha value is -1.71. The van der Waals surface area contributed by atoms with Crippen molar-refractivity contribution < 1.29 is 17.9 Å². The predicted molar refractivity (Wildman–Crippen MR) is 104 cm³/mol. The molecule has 144 valence electrons. The third kappa shape index (κ3) is 6.22. The van der Waals surface area contributed by atoms with E-state index in [1.165, 1.54) is 11.4 Å². The van der Waals surface area contributed by atoms with E-state index < -0.39 is 10.0 Å². The fourth-order valence-corrected chi connectivity index (χ4v) is 4.49. The zero-order chi connectivity index (χ0) is 19.0. The average Bonchev–Trinajstić information content (AvgIpc) is 2.65. The smallest absolute Gasteiger partial charge is 0.305 e. The maximum atomic E-state index is 12.5. The number of nitrogens with zero attached hydrogens (tertiary/aromatic N) is 2. The van der Waals surface area contributed by atoms with Crippen LogP contribution in [0, 0.1) is 0 Å². The fraction of sp³-hybridized carbons (Fsp3) is 0.529. The number of hydrogen-bond acceptors (Lipinski definition) is 5. The van der Waals surface area contributed by atoms with Crippen LogP contribution in [-0.2, 0) is 25.3 Å². The van der Waals surface area contributed by atoms with Crippen LogP contribution in [0.15, 0.2) is 30.3 Å². The first-order valence-corrected chi connectivity index (χ1v) is 10.6. The number of esters is 1. The molecular formula is C17H25N3O4S2. The second-order valence-corrected chi connectivity index (χ2v) is 8.40. The number of thiocarbonyl (C=S) groups is 1. The molecule has 2 rings (SSSR count). The minimum atomic E-state index is -3.33. The van der Waals surface area contributed by atoms with Gasteiger partial charge in [-0.05, 0) is 24.2 Å². The van der Waals surface area contributed by atoms with E-state index in [-0.39, 0.29) is 11.7 Å². The summed E-state index contributed by atoms with van der Waals surface area (Å²) in [7, 11) is -1.96. The van der Waals surface area contributed by atoms with Gasteiger partial charge in [-0.2, -0.15) is 4.31 Å². The highest BCUT2D eigenvalue weighted by atomic mass is 32.2. The van der Waals surface area contributed by atoms with Crippen LogP contribution in [0.2, 0.25) is 0 Å². The van der Waals surface area contributed by atoms with Crippen molar-refractivity contribution in [1.82, 2.24) is 14.5 Å². The maximum absolute atomic E-state index is 12.5. The predicted octanol–water partition coefficient (Wildman–Crippen LogP) is 0.962. The first-order valence-electron chi connectivity index (χ1n) is 8.54. The quantitative estimate of drug-likeness (QED) is 0.416. The van der Waals surface area contributed by atoms with Crippen molar-refractivity contribution in [3.8, 4) is 0 Å². The van der Waals surface area contributed by atoms with Crippen LogP contribution in [-0.4, -0.2) is 68.5 Å². The number of carbonyl (C=O) groups is 1. The monoisotopic (exact) mass is 399 g/mol. The third-order valence-corrected chi connectivity index (χ3v) is 6.43. The Morgan fingerprint density at radius 1 is 1.19 bits per heavy atom. The lowest BCUT2D eigenvalue weighted by molar-refractivity contribution is -0.140. The summed E-state index contributed by atoms with van der Waals surface area (Å²) in [6.07, 6.45) is 0.982. The zero-order valence-electron chi connectivity index (χ0n) is 14.9. The molecule has 0 saturated carbocycles. The number of rotatable bonds is 7. The maximum Gasteiger partial charge on any atom is 0.305 e. The average molecular weight is 400 g/mol. The molecule has 1 aliphatic heterocycles. The largest absolute Gasteiger partial charge is 0.469 e. The molecule has 1 aromatic rings. The number of piperazine rings is 1. The number of ether oxygens (including phenoxy) is 1. The minimum absolute atomic E-state index is 0.0179. The molecule has 0 bridgehead atoms. The van der Waals surface area contributed by atoms with E-state index >= 15 is 0 Å². The summed E-state index contributed by atoms with van der Waals surface area (Å²) >= 11 is 5.35. The van der Waals surface area contributed by atoms with Crippen LogP contribution in [0.5, 0.6) is 0 Å². The molecule has 1 aliphatic rings. The van der Waals surface area contributed by atoms with E-state index in [9.17, 15) is 13.2 Å². The molecule has 9 heteroatoms. The fourth-order valence-electron chi connectivity index (χ4n) is 2.69. The molecular weight excluding hydrogens is 374 g/mol. The first-order chi connectivity index (χ1) is 12.4. The molecule has 0 atom stereocenters. The van der Waals surface area contributed by atoms with E-state index in [1.54, 1.807) is 0 Å². The Morgan fingerprint density at radius 2 is 1.85 bits per heavy atom. The van der Waals surface area contributed by atoms with Crippen LogP contribution in [0.25, 0.3) is 0 Å². The molecule has 1 N–H and O–H groups in total. The molecule has 0 aromatic heterocycles. The highest BCUT2D eigenvalue weighted by molar-refractivity contribution is 7.88. The molecule has 0 unspecified atom stereocenters. The van der Waals surface area contributed by atoms with Gasteiger partial charge in [-0.3, -0.25) is 4.79 Å². The van der Waals surface area contributed by atoms with Crippen molar-refractivity contribution in [1.29, 1.82) is 0 Å². The molecule has 0 radical (unpaired) electrons. The molecule has 1 saturated heterocycles. The molecule has 0 amide bonds. The lowest BCUT2D eigenvalue weighted by atomic mass is 10.2. The highest BCUT2D eigenvalue weighted by Crippen LogP contribution is 2.13.